The largest absolute Gasteiger partial charge is 0.379 e. The molecule has 1 aromatic carbocycles. The number of nitrogens with zero attached hydrogens (tertiary/aromatic N) is 1. The zero-order valence-corrected chi connectivity index (χ0v) is 9.97. The Balaban J connectivity index is 2.17. The van der Waals surface area contributed by atoms with Crippen LogP contribution < -0.4 is 5.32 Å². The lowest BCUT2D eigenvalue weighted by Crippen LogP contribution is -2.38. The van der Waals surface area contributed by atoms with Gasteiger partial charge in [0.25, 0.3) is 0 Å². The van der Waals surface area contributed by atoms with Crippen molar-refractivity contribution in [1.29, 1.82) is 0 Å². The van der Waals surface area contributed by atoms with Crippen LogP contribution >= 0.6 is 0 Å². The number of carbonyl (C=O) groups excluding carboxylic acids is 1. The Morgan fingerprint density at radius 2 is 2.24 bits per heavy atom. The van der Waals surface area contributed by atoms with Crippen LogP contribution in [-0.2, 0) is 10.4 Å². The van der Waals surface area contributed by atoms with Crippen LogP contribution in [0.1, 0.15) is 25.8 Å². The van der Waals surface area contributed by atoms with Crippen molar-refractivity contribution in [2.45, 2.75) is 31.9 Å². The van der Waals surface area contributed by atoms with E-state index in [4.69, 9.17) is 0 Å². The highest BCUT2D eigenvalue weighted by Gasteiger charge is 2.35. The molecule has 90 valence electrons. The summed E-state index contributed by atoms with van der Waals surface area (Å²) < 4.78 is 0. The van der Waals surface area contributed by atoms with Crippen molar-refractivity contribution in [3.8, 4) is 0 Å². The van der Waals surface area contributed by atoms with Crippen molar-refractivity contribution in [2.24, 2.45) is 4.99 Å². The highest BCUT2D eigenvalue weighted by atomic mass is 16.3. The maximum atomic E-state index is 11.0. The van der Waals surface area contributed by atoms with E-state index in [2.05, 4.69) is 10.3 Å². The monoisotopic (exact) mass is 232 g/mol. The van der Waals surface area contributed by atoms with Crippen molar-refractivity contribution in [1.82, 2.24) is 5.32 Å². The Morgan fingerprint density at radius 1 is 1.53 bits per heavy atom. The summed E-state index contributed by atoms with van der Waals surface area (Å²) in [6.45, 7) is 3.34. The van der Waals surface area contributed by atoms with E-state index in [1.807, 2.05) is 31.2 Å². The molecule has 2 rings (SSSR count). The van der Waals surface area contributed by atoms with Gasteiger partial charge in [-0.25, -0.2) is 0 Å². The zero-order chi connectivity index (χ0) is 12.5. The van der Waals surface area contributed by atoms with Gasteiger partial charge in [-0.3, -0.25) is 9.79 Å². The molecule has 0 aromatic heterocycles. The number of carbonyl (C=O) groups is 1. The average Bonchev–Trinajstić information content (AvgIpc) is 2.56. The van der Waals surface area contributed by atoms with Crippen molar-refractivity contribution in [2.75, 3.05) is 0 Å². The molecule has 0 fully saturated rings. The van der Waals surface area contributed by atoms with E-state index >= 15 is 0 Å². The molecular formula is C13H16N2O2. The van der Waals surface area contributed by atoms with Crippen molar-refractivity contribution in [3.05, 3.63) is 29.8 Å². The number of rotatable bonds is 3. The van der Waals surface area contributed by atoms with Crippen molar-refractivity contribution < 1.29 is 9.90 Å². The minimum atomic E-state index is -1.07. The van der Waals surface area contributed by atoms with Crippen LogP contribution in [-0.4, -0.2) is 23.3 Å². The zero-order valence-electron chi connectivity index (χ0n) is 9.97. The van der Waals surface area contributed by atoms with Gasteiger partial charge < -0.3 is 10.4 Å². The summed E-state index contributed by atoms with van der Waals surface area (Å²) in [7, 11) is 0. The van der Waals surface area contributed by atoms with E-state index in [9.17, 15) is 9.90 Å². The van der Waals surface area contributed by atoms with E-state index in [0.717, 1.165) is 11.3 Å². The third-order valence-corrected chi connectivity index (χ3v) is 2.85. The minimum absolute atomic E-state index is 0.0932. The van der Waals surface area contributed by atoms with E-state index in [1.165, 1.54) is 6.92 Å². The van der Waals surface area contributed by atoms with Gasteiger partial charge >= 0.3 is 0 Å². The van der Waals surface area contributed by atoms with Gasteiger partial charge in [0.1, 0.15) is 5.60 Å². The molecule has 0 saturated heterocycles. The van der Waals surface area contributed by atoms with Gasteiger partial charge in [-0.15, -0.1) is 0 Å². The lowest BCUT2D eigenvalue weighted by Gasteiger charge is -2.25. The molecule has 1 heterocycles. The fourth-order valence-electron chi connectivity index (χ4n) is 2.23. The smallest absolute Gasteiger partial charge is 0.217 e. The van der Waals surface area contributed by atoms with Crippen LogP contribution in [0.3, 0.4) is 0 Å². The maximum absolute atomic E-state index is 11.0. The number of aliphatic hydroxyl groups is 1. The molecule has 1 aliphatic heterocycles. The van der Waals surface area contributed by atoms with Gasteiger partial charge in [-0.05, 0) is 13.0 Å². The predicted molar refractivity (Wildman–Crippen MR) is 66.4 cm³/mol. The molecule has 0 saturated carbocycles. The SMILES string of the molecule is CC(=O)N[C@H](C)CC1(O)C=Nc2ccccc21. The average molecular weight is 232 g/mol. The second-order valence-corrected chi connectivity index (χ2v) is 4.51. The molecule has 0 spiro atoms. The van der Waals surface area contributed by atoms with Gasteiger partial charge in [-0.1, -0.05) is 18.2 Å². The number of hydrogen-bond donors (Lipinski definition) is 2. The van der Waals surface area contributed by atoms with Crippen LogP contribution in [0.25, 0.3) is 0 Å². The number of amides is 1. The van der Waals surface area contributed by atoms with Gasteiger partial charge in [0.2, 0.25) is 5.91 Å². The Kier molecular flexibility index (Phi) is 2.98. The number of aliphatic imine (C=N–C) groups is 1. The summed E-state index contributed by atoms with van der Waals surface area (Å²) in [5.74, 6) is -0.0932. The van der Waals surface area contributed by atoms with Gasteiger partial charge in [-0.2, -0.15) is 0 Å². The van der Waals surface area contributed by atoms with Crippen LogP contribution in [0, 0.1) is 0 Å². The highest BCUT2D eigenvalue weighted by molar-refractivity contribution is 5.83. The Morgan fingerprint density at radius 3 is 2.94 bits per heavy atom. The molecule has 1 aliphatic rings. The molecule has 1 amide bonds. The third kappa shape index (κ3) is 2.36. The Labute approximate surface area is 100 Å². The number of benzene rings is 1. The fourth-order valence-corrected chi connectivity index (χ4v) is 2.23. The summed E-state index contributed by atoms with van der Waals surface area (Å²) in [5.41, 5.74) is 0.528. The van der Waals surface area contributed by atoms with E-state index in [0.29, 0.717) is 6.42 Å². The fraction of sp³-hybridized carbons (Fsp3) is 0.385. The normalized spacial score (nSPS) is 23.2. The van der Waals surface area contributed by atoms with Crippen LogP contribution in [0.15, 0.2) is 29.3 Å². The van der Waals surface area contributed by atoms with E-state index in [1.54, 1.807) is 6.21 Å². The number of fused-ring (bicyclic) bond motifs is 1. The summed E-state index contributed by atoms with van der Waals surface area (Å²) in [4.78, 5) is 15.1. The molecule has 4 heteroatoms. The summed E-state index contributed by atoms with van der Waals surface area (Å²) >= 11 is 0. The first-order valence-corrected chi connectivity index (χ1v) is 5.65. The van der Waals surface area contributed by atoms with Crippen LogP contribution in [0.2, 0.25) is 0 Å². The molecule has 0 radical (unpaired) electrons. The lowest BCUT2D eigenvalue weighted by molar-refractivity contribution is -0.119. The Bertz CT molecular complexity index is 470. The molecule has 4 nitrogen and oxygen atoms in total. The first kappa shape index (κ1) is 11.8. The third-order valence-electron chi connectivity index (χ3n) is 2.85. The topological polar surface area (TPSA) is 61.7 Å². The maximum Gasteiger partial charge on any atom is 0.217 e. The summed E-state index contributed by atoms with van der Waals surface area (Å²) in [6, 6.07) is 7.39. The van der Waals surface area contributed by atoms with Crippen LogP contribution in [0.5, 0.6) is 0 Å². The van der Waals surface area contributed by atoms with Crippen LogP contribution in [0.4, 0.5) is 5.69 Å². The van der Waals surface area contributed by atoms with E-state index < -0.39 is 5.60 Å². The molecule has 2 N–H and O–H groups in total. The predicted octanol–water partition coefficient (Wildman–Crippen LogP) is 1.50. The number of hydrogen-bond acceptors (Lipinski definition) is 3. The molecule has 0 aliphatic carbocycles. The molecule has 17 heavy (non-hydrogen) atoms. The number of para-hydroxylation sites is 1. The Hall–Kier alpha value is -1.68. The lowest BCUT2D eigenvalue weighted by atomic mass is 9.89. The standard InChI is InChI=1S/C13H16N2O2/c1-9(15-10(2)16)7-13(17)8-14-12-6-4-3-5-11(12)13/h3-6,8-9,17H,7H2,1-2H3,(H,15,16)/t9-,13?/m1/s1. The molecule has 2 atom stereocenters. The molecule has 1 aromatic rings. The summed E-state index contributed by atoms with van der Waals surface area (Å²) in [5, 5.41) is 13.3. The van der Waals surface area contributed by atoms with E-state index in [-0.39, 0.29) is 11.9 Å². The first-order valence-electron chi connectivity index (χ1n) is 5.65. The second-order valence-electron chi connectivity index (χ2n) is 4.51. The van der Waals surface area contributed by atoms with Crippen molar-refractivity contribution in [3.63, 3.8) is 0 Å². The second kappa shape index (κ2) is 4.30. The molecule has 1 unspecified atom stereocenters. The minimum Gasteiger partial charge on any atom is -0.379 e. The first-order chi connectivity index (χ1) is 8.01. The quantitative estimate of drug-likeness (QED) is 0.829. The van der Waals surface area contributed by atoms with Gasteiger partial charge in [0, 0.05) is 31.2 Å². The molecule has 0 bridgehead atoms. The van der Waals surface area contributed by atoms with Gasteiger partial charge in [0.05, 0.1) is 5.69 Å². The number of nitrogens with one attached hydrogen (secondary N) is 1. The van der Waals surface area contributed by atoms with Gasteiger partial charge in [0.15, 0.2) is 0 Å². The highest BCUT2D eigenvalue weighted by Crippen LogP contribution is 2.37. The van der Waals surface area contributed by atoms with Crippen molar-refractivity contribution >= 4 is 17.8 Å². The molecular weight excluding hydrogens is 216 g/mol. The summed E-state index contributed by atoms with van der Waals surface area (Å²) in [6.07, 6.45) is 1.98.